The van der Waals surface area contributed by atoms with E-state index in [0.717, 1.165) is 16.4 Å². The quantitative estimate of drug-likeness (QED) is 0.914. The normalized spacial score (nSPS) is 20.9. The van der Waals surface area contributed by atoms with Crippen molar-refractivity contribution in [1.82, 2.24) is 10.3 Å². The van der Waals surface area contributed by atoms with Crippen molar-refractivity contribution in [1.29, 1.82) is 0 Å². The van der Waals surface area contributed by atoms with Gasteiger partial charge in [0, 0.05) is 16.9 Å². The highest BCUT2D eigenvalue weighted by atomic mass is 79.9. The predicted molar refractivity (Wildman–Crippen MR) is 76.7 cm³/mol. The third-order valence-electron chi connectivity index (χ3n) is 3.25. The number of hydrogen-bond donors (Lipinski definition) is 1. The number of benzene rings is 1. The van der Waals surface area contributed by atoms with Crippen LogP contribution in [0.15, 0.2) is 22.7 Å². The van der Waals surface area contributed by atoms with Crippen molar-refractivity contribution >= 4 is 37.5 Å². The zero-order valence-electron chi connectivity index (χ0n) is 9.58. The Labute approximate surface area is 114 Å². The minimum absolute atomic E-state index is 0.628. The second-order valence-corrected chi connectivity index (χ2v) is 6.51. The molecular formula is C13H15BrN2S. The Morgan fingerprint density at radius 1 is 1.41 bits per heavy atom. The molecular weight excluding hydrogens is 296 g/mol. The van der Waals surface area contributed by atoms with Crippen molar-refractivity contribution in [2.75, 3.05) is 6.54 Å². The monoisotopic (exact) mass is 310 g/mol. The van der Waals surface area contributed by atoms with Crippen LogP contribution in [0, 0.1) is 0 Å². The van der Waals surface area contributed by atoms with Crippen molar-refractivity contribution in [2.24, 2.45) is 0 Å². The molecule has 2 heterocycles. The first-order valence-electron chi connectivity index (χ1n) is 6.10. The van der Waals surface area contributed by atoms with E-state index in [1.54, 1.807) is 0 Å². The van der Waals surface area contributed by atoms with Gasteiger partial charge in [0.15, 0.2) is 0 Å². The van der Waals surface area contributed by atoms with Gasteiger partial charge in [-0.25, -0.2) is 4.98 Å². The number of aromatic nitrogens is 1. The Morgan fingerprint density at radius 3 is 3.12 bits per heavy atom. The average Bonchev–Trinajstić information content (AvgIpc) is 2.74. The molecule has 4 heteroatoms. The zero-order valence-corrected chi connectivity index (χ0v) is 12.0. The predicted octanol–water partition coefficient (Wildman–Crippen LogP) is 3.74. The van der Waals surface area contributed by atoms with E-state index in [9.17, 15) is 0 Å². The number of rotatable bonds is 2. The van der Waals surface area contributed by atoms with Gasteiger partial charge < -0.3 is 5.32 Å². The SMILES string of the molecule is Brc1cccc2sc(CC3CCCCN3)nc12. The molecule has 0 amide bonds. The number of piperidine rings is 1. The number of hydrogen-bond acceptors (Lipinski definition) is 3. The lowest BCUT2D eigenvalue weighted by Gasteiger charge is -2.22. The number of nitrogens with one attached hydrogen (secondary N) is 1. The summed E-state index contributed by atoms with van der Waals surface area (Å²) in [6, 6.07) is 6.91. The molecule has 0 aliphatic carbocycles. The molecule has 90 valence electrons. The molecule has 1 aromatic carbocycles. The molecule has 1 aliphatic rings. The molecule has 2 nitrogen and oxygen atoms in total. The topological polar surface area (TPSA) is 24.9 Å². The molecule has 0 saturated carbocycles. The maximum absolute atomic E-state index is 4.74. The lowest BCUT2D eigenvalue weighted by molar-refractivity contribution is 0.399. The summed E-state index contributed by atoms with van der Waals surface area (Å²) in [5, 5.41) is 4.84. The molecule has 2 aromatic rings. The Kier molecular flexibility index (Phi) is 3.45. The van der Waals surface area contributed by atoms with Gasteiger partial charge in [-0.3, -0.25) is 0 Å². The van der Waals surface area contributed by atoms with Crippen LogP contribution in [0.4, 0.5) is 0 Å². The van der Waals surface area contributed by atoms with Crippen LogP contribution < -0.4 is 5.32 Å². The van der Waals surface area contributed by atoms with Crippen LogP contribution in [0.1, 0.15) is 24.3 Å². The Balaban J connectivity index is 1.83. The fourth-order valence-electron chi connectivity index (χ4n) is 2.36. The Hall–Kier alpha value is -0.450. The summed E-state index contributed by atoms with van der Waals surface area (Å²) >= 11 is 5.39. The molecule has 0 radical (unpaired) electrons. The van der Waals surface area contributed by atoms with Gasteiger partial charge in [0.1, 0.15) is 0 Å². The molecule has 1 N–H and O–H groups in total. The summed E-state index contributed by atoms with van der Waals surface area (Å²) in [5.41, 5.74) is 1.11. The highest BCUT2D eigenvalue weighted by Gasteiger charge is 2.15. The Morgan fingerprint density at radius 2 is 2.35 bits per heavy atom. The second-order valence-electron chi connectivity index (χ2n) is 4.55. The van der Waals surface area contributed by atoms with Crippen LogP contribution in [0.25, 0.3) is 10.2 Å². The number of fused-ring (bicyclic) bond motifs is 1. The van der Waals surface area contributed by atoms with Crippen molar-refractivity contribution in [3.63, 3.8) is 0 Å². The maximum Gasteiger partial charge on any atom is 0.0957 e. The van der Waals surface area contributed by atoms with Crippen LogP contribution in [-0.2, 0) is 6.42 Å². The van der Waals surface area contributed by atoms with Crippen molar-refractivity contribution in [3.8, 4) is 0 Å². The standard InChI is InChI=1S/C13H15BrN2S/c14-10-5-3-6-11-13(10)16-12(17-11)8-9-4-1-2-7-15-9/h3,5-6,9,15H,1-2,4,7-8H2. The number of thiazole rings is 1. The van der Waals surface area contributed by atoms with Crippen molar-refractivity contribution < 1.29 is 0 Å². The van der Waals surface area contributed by atoms with E-state index in [4.69, 9.17) is 4.98 Å². The van der Waals surface area contributed by atoms with E-state index in [2.05, 4.69) is 39.4 Å². The molecule has 17 heavy (non-hydrogen) atoms. The fourth-order valence-corrected chi connectivity index (χ4v) is 4.02. The molecule has 1 atom stereocenters. The first-order valence-corrected chi connectivity index (χ1v) is 7.71. The van der Waals surface area contributed by atoms with Gasteiger partial charge in [0.05, 0.1) is 15.2 Å². The van der Waals surface area contributed by atoms with E-state index in [1.807, 2.05) is 11.3 Å². The van der Waals surface area contributed by atoms with Crippen LogP contribution in [0.2, 0.25) is 0 Å². The maximum atomic E-state index is 4.74. The summed E-state index contributed by atoms with van der Waals surface area (Å²) in [6.07, 6.45) is 5.04. The van der Waals surface area contributed by atoms with E-state index in [0.29, 0.717) is 6.04 Å². The van der Waals surface area contributed by atoms with Crippen LogP contribution in [-0.4, -0.2) is 17.6 Å². The summed E-state index contributed by atoms with van der Waals surface area (Å²) in [5.74, 6) is 0. The minimum Gasteiger partial charge on any atom is -0.314 e. The molecule has 1 aromatic heterocycles. The van der Waals surface area contributed by atoms with Gasteiger partial charge in [-0.05, 0) is 47.4 Å². The smallest absolute Gasteiger partial charge is 0.0957 e. The van der Waals surface area contributed by atoms with E-state index >= 15 is 0 Å². The van der Waals surface area contributed by atoms with Gasteiger partial charge in [0.2, 0.25) is 0 Å². The van der Waals surface area contributed by atoms with E-state index in [-0.39, 0.29) is 0 Å². The fraction of sp³-hybridized carbons (Fsp3) is 0.462. The van der Waals surface area contributed by atoms with Crippen molar-refractivity contribution in [2.45, 2.75) is 31.7 Å². The number of nitrogens with zero attached hydrogens (tertiary/aromatic N) is 1. The summed E-state index contributed by atoms with van der Waals surface area (Å²) in [4.78, 5) is 4.74. The van der Waals surface area contributed by atoms with Gasteiger partial charge >= 0.3 is 0 Å². The number of para-hydroxylation sites is 1. The highest BCUT2D eigenvalue weighted by Crippen LogP contribution is 2.29. The molecule has 1 unspecified atom stereocenters. The zero-order chi connectivity index (χ0) is 11.7. The Bertz CT molecular complexity index is 517. The molecule has 1 saturated heterocycles. The van der Waals surface area contributed by atoms with Crippen LogP contribution in [0.3, 0.4) is 0 Å². The molecule has 3 rings (SSSR count). The second kappa shape index (κ2) is 5.04. The van der Waals surface area contributed by atoms with Crippen LogP contribution in [0.5, 0.6) is 0 Å². The molecule has 1 fully saturated rings. The molecule has 1 aliphatic heterocycles. The first kappa shape index (κ1) is 11.6. The lowest BCUT2D eigenvalue weighted by atomic mass is 10.0. The van der Waals surface area contributed by atoms with E-state index in [1.165, 1.54) is 35.5 Å². The first-order chi connectivity index (χ1) is 8.33. The highest BCUT2D eigenvalue weighted by molar-refractivity contribution is 9.10. The number of halogens is 1. The largest absolute Gasteiger partial charge is 0.314 e. The third kappa shape index (κ3) is 2.54. The molecule has 0 bridgehead atoms. The van der Waals surface area contributed by atoms with Gasteiger partial charge in [-0.2, -0.15) is 0 Å². The van der Waals surface area contributed by atoms with Gasteiger partial charge in [0.25, 0.3) is 0 Å². The van der Waals surface area contributed by atoms with Crippen molar-refractivity contribution in [3.05, 3.63) is 27.7 Å². The molecule has 0 spiro atoms. The lowest BCUT2D eigenvalue weighted by Crippen LogP contribution is -2.35. The van der Waals surface area contributed by atoms with Gasteiger partial charge in [-0.1, -0.05) is 12.5 Å². The summed E-state index contributed by atoms with van der Waals surface area (Å²) in [7, 11) is 0. The van der Waals surface area contributed by atoms with E-state index < -0.39 is 0 Å². The van der Waals surface area contributed by atoms with Gasteiger partial charge in [-0.15, -0.1) is 11.3 Å². The third-order valence-corrected chi connectivity index (χ3v) is 4.93. The summed E-state index contributed by atoms with van der Waals surface area (Å²) < 4.78 is 2.39. The average molecular weight is 311 g/mol. The minimum atomic E-state index is 0.628. The van der Waals surface area contributed by atoms with Crippen LogP contribution >= 0.6 is 27.3 Å². The summed E-state index contributed by atoms with van der Waals surface area (Å²) in [6.45, 7) is 1.17.